The van der Waals surface area contributed by atoms with E-state index in [-0.39, 0.29) is 29.3 Å². The van der Waals surface area contributed by atoms with Gasteiger partial charge >= 0.3 is 11.9 Å². The molecule has 5 aliphatic carbocycles. The highest BCUT2D eigenvalue weighted by molar-refractivity contribution is 5.81. The Bertz CT molecular complexity index is 981. The summed E-state index contributed by atoms with van der Waals surface area (Å²) in [5, 5.41) is 9.51. The molecule has 0 aromatic heterocycles. The number of carbonyl (C=O) groups is 2. The molecule has 5 aliphatic rings. The van der Waals surface area contributed by atoms with Crippen molar-refractivity contribution in [3.63, 3.8) is 0 Å². The van der Waals surface area contributed by atoms with Gasteiger partial charge in [0.25, 0.3) is 0 Å². The number of carboxylic acids is 1. The summed E-state index contributed by atoms with van der Waals surface area (Å²) in [6.45, 7) is 20.9. The minimum atomic E-state index is -1.10. The van der Waals surface area contributed by atoms with Crippen LogP contribution in [0.1, 0.15) is 133 Å². The number of aliphatic carboxylic acids is 1. The largest absolute Gasteiger partial charge is 0.481 e. The second-order valence-electron chi connectivity index (χ2n) is 17.2. The lowest BCUT2D eigenvalue weighted by Crippen LogP contribution is -2.66. The molecule has 0 saturated heterocycles. The Hall–Kier alpha value is -1.06. The predicted molar refractivity (Wildman–Crippen MR) is 156 cm³/mol. The van der Waals surface area contributed by atoms with Crippen LogP contribution in [0.25, 0.3) is 0 Å². The maximum absolute atomic E-state index is 12.9. The van der Waals surface area contributed by atoms with Crippen LogP contribution >= 0.6 is 0 Å². The fourth-order valence-electron chi connectivity index (χ4n) is 12.3. The molecule has 10 atom stereocenters. The highest BCUT2D eigenvalue weighted by Crippen LogP contribution is 2.76. The van der Waals surface area contributed by atoms with Gasteiger partial charge in [-0.3, -0.25) is 9.59 Å². The number of carbonyl (C=O) groups excluding carboxylic acids is 1. The maximum atomic E-state index is 12.9. The zero-order chi connectivity index (χ0) is 28.8. The molecule has 0 aromatic carbocycles. The quantitative estimate of drug-likeness (QED) is 0.353. The van der Waals surface area contributed by atoms with Crippen LogP contribution in [0.3, 0.4) is 0 Å². The molecule has 4 heteroatoms. The SMILES string of the molecule is CC(C)[C@@H]1CCC2CC[C@]3(C)[C@H](CC[C@@H]4[C@@]5(C)CC[C@H](OC(=O)CC(C)(C)C(=O)O)C(C)(C)[C@@H]5CC[C@]43C)[C@H]21. The first kappa shape index (κ1) is 29.4. The minimum absolute atomic E-state index is 0.0726. The van der Waals surface area contributed by atoms with Gasteiger partial charge in [-0.2, -0.15) is 0 Å². The summed E-state index contributed by atoms with van der Waals surface area (Å²) < 4.78 is 6.13. The Morgan fingerprint density at radius 2 is 1.51 bits per heavy atom. The Balaban J connectivity index is 1.38. The maximum Gasteiger partial charge on any atom is 0.309 e. The molecule has 0 aromatic rings. The van der Waals surface area contributed by atoms with E-state index >= 15 is 0 Å². The number of carboxylic acid groups (broad SMARTS) is 1. The highest BCUT2D eigenvalue weighted by Gasteiger charge is 2.69. The Morgan fingerprint density at radius 1 is 0.846 bits per heavy atom. The first-order chi connectivity index (χ1) is 18.0. The monoisotopic (exact) mass is 542 g/mol. The molecule has 222 valence electrons. The van der Waals surface area contributed by atoms with Crippen LogP contribution in [-0.2, 0) is 14.3 Å². The number of rotatable bonds is 5. The third kappa shape index (κ3) is 4.26. The van der Waals surface area contributed by atoms with Crippen LogP contribution in [0.2, 0.25) is 0 Å². The van der Waals surface area contributed by atoms with E-state index < -0.39 is 11.4 Å². The van der Waals surface area contributed by atoms with E-state index in [1.807, 2.05) is 0 Å². The van der Waals surface area contributed by atoms with Crippen LogP contribution in [0, 0.1) is 68.5 Å². The molecule has 39 heavy (non-hydrogen) atoms. The molecule has 0 spiro atoms. The standard InChI is InChI=1S/C35H58O4/c1-21(2)23-11-10-22-14-18-34(8)24(29(22)23)12-13-26-33(7)17-16-27(39-28(36)20-31(3,4)30(37)38)32(5,6)25(33)15-19-35(26,34)9/h21-27,29H,10-20H2,1-9H3,(H,37,38)/t22?,23-,24+,25-,26+,27-,29+,33-,34+,35+/m0/s1. The number of hydrogen-bond acceptors (Lipinski definition) is 3. The third-order valence-electron chi connectivity index (χ3n) is 14.6. The lowest BCUT2D eigenvalue weighted by atomic mass is 9.33. The topological polar surface area (TPSA) is 63.6 Å². The van der Waals surface area contributed by atoms with Crippen molar-refractivity contribution in [1.82, 2.24) is 0 Å². The van der Waals surface area contributed by atoms with Crippen molar-refractivity contribution in [2.24, 2.45) is 68.5 Å². The minimum Gasteiger partial charge on any atom is -0.481 e. The number of hydrogen-bond donors (Lipinski definition) is 1. The zero-order valence-corrected chi connectivity index (χ0v) is 26.6. The van der Waals surface area contributed by atoms with E-state index in [0.717, 1.165) is 48.3 Å². The second kappa shape index (κ2) is 9.48. The summed E-state index contributed by atoms with van der Waals surface area (Å²) in [5.74, 6) is 4.46. The lowest BCUT2D eigenvalue weighted by Gasteiger charge is -2.72. The fraction of sp³-hybridized carbons (Fsp3) is 0.943. The lowest BCUT2D eigenvalue weighted by molar-refractivity contribution is -0.245. The number of ether oxygens (including phenoxy) is 1. The van der Waals surface area contributed by atoms with E-state index in [1.54, 1.807) is 13.8 Å². The Kier molecular flexibility index (Phi) is 7.16. The van der Waals surface area contributed by atoms with Crippen molar-refractivity contribution in [2.45, 2.75) is 139 Å². The van der Waals surface area contributed by atoms with E-state index in [2.05, 4.69) is 48.5 Å². The molecule has 5 saturated carbocycles. The Labute approximate surface area is 238 Å². The van der Waals surface area contributed by atoms with Crippen molar-refractivity contribution in [3.8, 4) is 0 Å². The van der Waals surface area contributed by atoms with Gasteiger partial charge in [-0.15, -0.1) is 0 Å². The molecule has 0 amide bonds. The van der Waals surface area contributed by atoms with E-state index in [1.165, 1.54) is 51.4 Å². The number of fused-ring (bicyclic) bond motifs is 7. The molecule has 5 fully saturated rings. The van der Waals surface area contributed by atoms with Gasteiger partial charge in [0.2, 0.25) is 0 Å². The first-order valence-electron chi connectivity index (χ1n) is 16.4. The van der Waals surface area contributed by atoms with Crippen molar-refractivity contribution in [1.29, 1.82) is 0 Å². The predicted octanol–water partition coefficient (Wildman–Crippen LogP) is 8.77. The third-order valence-corrected chi connectivity index (χ3v) is 14.6. The van der Waals surface area contributed by atoms with Gasteiger partial charge in [0.1, 0.15) is 6.10 Å². The number of esters is 1. The molecule has 4 nitrogen and oxygen atoms in total. The first-order valence-corrected chi connectivity index (χ1v) is 16.4. The fourth-order valence-corrected chi connectivity index (χ4v) is 12.3. The second-order valence-corrected chi connectivity index (χ2v) is 17.2. The summed E-state index contributed by atoms with van der Waals surface area (Å²) in [4.78, 5) is 24.5. The van der Waals surface area contributed by atoms with Gasteiger partial charge in [0, 0.05) is 5.41 Å². The van der Waals surface area contributed by atoms with Crippen LogP contribution in [0.4, 0.5) is 0 Å². The van der Waals surface area contributed by atoms with Crippen molar-refractivity contribution in [3.05, 3.63) is 0 Å². The van der Waals surface area contributed by atoms with Gasteiger partial charge in [0.05, 0.1) is 11.8 Å². The van der Waals surface area contributed by atoms with Gasteiger partial charge in [-0.05, 0) is 136 Å². The molecule has 0 radical (unpaired) electrons. The zero-order valence-electron chi connectivity index (χ0n) is 26.6. The van der Waals surface area contributed by atoms with Crippen molar-refractivity contribution >= 4 is 11.9 Å². The van der Waals surface area contributed by atoms with E-state index in [9.17, 15) is 14.7 Å². The van der Waals surface area contributed by atoms with Gasteiger partial charge in [-0.1, -0.05) is 48.5 Å². The smallest absolute Gasteiger partial charge is 0.309 e. The van der Waals surface area contributed by atoms with Gasteiger partial charge in [0.15, 0.2) is 0 Å². The molecular weight excluding hydrogens is 484 g/mol. The molecule has 5 rings (SSSR count). The molecule has 0 aliphatic heterocycles. The summed E-state index contributed by atoms with van der Waals surface area (Å²) >= 11 is 0. The average molecular weight is 543 g/mol. The molecule has 1 N–H and O–H groups in total. The summed E-state index contributed by atoms with van der Waals surface area (Å²) in [6, 6.07) is 0. The normalized spacial score (nSPS) is 47.0. The van der Waals surface area contributed by atoms with E-state index in [4.69, 9.17) is 4.74 Å². The van der Waals surface area contributed by atoms with Crippen LogP contribution < -0.4 is 0 Å². The molecule has 1 unspecified atom stereocenters. The molecule has 0 heterocycles. The summed E-state index contributed by atoms with van der Waals surface area (Å²) in [6.07, 6.45) is 12.9. The van der Waals surface area contributed by atoms with Crippen molar-refractivity contribution < 1.29 is 19.4 Å². The van der Waals surface area contributed by atoms with E-state index in [0.29, 0.717) is 16.7 Å². The van der Waals surface area contributed by atoms with Crippen LogP contribution in [-0.4, -0.2) is 23.1 Å². The van der Waals surface area contributed by atoms with Crippen LogP contribution in [0.15, 0.2) is 0 Å². The average Bonchev–Trinajstić information content (AvgIpc) is 3.25. The molecular formula is C35H58O4. The van der Waals surface area contributed by atoms with Gasteiger partial charge < -0.3 is 9.84 Å². The Morgan fingerprint density at radius 3 is 2.15 bits per heavy atom. The summed E-state index contributed by atoms with van der Waals surface area (Å²) in [7, 11) is 0. The summed E-state index contributed by atoms with van der Waals surface area (Å²) in [5.41, 5.74) is -0.142. The molecule has 0 bridgehead atoms. The van der Waals surface area contributed by atoms with Crippen LogP contribution in [0.5, 0.6) is 0 Å². The highest BCUT2D eigenvalue weighted by atomic mass is 16.5. The van der Waals surface area contributed by atoms with Gasteiger partial charge in [-0.25, -0.2) is 0 Å². The van der Waals surface area contributed by atoms with Crippen molar-refractivity contribution in [2.75, 3.05) is 0 Å².